The highest BCUT2D eigenvalue weighted by Crippen LogP contribution is 2.35. The number of phenols is 1. The Hall–Kier alpha value is -1.71. The molecule has 0 aliphatic carbocycles. The molecule has 2 N–H and O–H groups in total. The van der Waals surface area contributed by atoms with Crippen LogP contribution in [0.15, 0.2) is 18.2 Å². The Morgan fingerprint density at radius 3 is 2.62 bits per heavy atom. The smallest absolute Gasteiger partial charge is 0.311 e. The van der Waals surface area contributed by atoms with E-state index in [9.17, 15) is 9.90 Å². The average molecular weight is 224 g/mol. The second-order valence-corrected chi connectivity index (χ2v) is 3.43. The number of para-hydroxylation sites is 1. The fourth-order valence-corrected chi connectivity index (χ4v) is 1.62. The van der Waals surface area contributed by atoms with Gasteiger partial charge in [0.1, 0.15) is 0 Å². The van der Waals surface area contributed by atoms with E-state index in [1.807, 2.05) is 0 Å². The zero-order valence-corrected chi connectivity index (χ0v) is 9.43. The van der Waals surface area contributed by atoms with Crippen molar-refractivity contribution in [2.75, 3.05) is 6.61 Å². The zero-order valence-electron chi connectivity index (χ0n) is 9.43. The van der Waals surface area contributed by atoms with Crippen LogP contribution in [-0.4, -0.2) is 22.8 Å². The van der Waals surface area contributed by atoms with E-state index >= 15 is 0 Å². The first kappa shape index (κ1) is 12.4. The maximum atomic E-state index is 11.0. The molecule has 88 valence electrons. The number of benzene rings is 1. The number of ether oxygens (including phenoxy) is 1. The Balaban J connectivity index is 3.12. The topological polar surface area (TPSA) is 66.8 Å². The summed E-state index contributed by atoms with van der Waals surface area (Å²) in [6.07, 6.45) is 0.429. The molecule has 0 radical (unpaired) electrons. The third-order valence-corrected chi connectivity index (χ3v) is 2.41. The van der Waals surface area contributed by atoms with Gasteiger partial charge in [-0.25, -0.2) is 0 Å². The van der Waals surface area contributed by atoms with Gasteiger partial charge in [-0.1, -0.05) is 19.1 Å². The molecule has 1 unspecified atom stereocenters. The summed E-state index contributed by atoms with van der Waals surface area (Å²) in [5, 5.41) is 18.9. The number of rotatable bonds is 5. The van der Waals surface area contributed by atoms with Gasteiger partial charge in [-0.3, -0.25) is 4.79 Å². The molecule has 1 rings (SSSR count). The predicted molar refractivity (Wildman–Crippen MR) is 59.9 cm³/mol. The van der Waals surface area contributed by atoms with E-state index < -0.39 is 11.9 Å². The molecule has 0 saturated heterocycles. The molecule has 1 aromatic rings. The summed E-state index contributed by atoms with van der Waals surface area (Å²) in [7, 11) is 0. The second-order valence-electron chi connectivity index (χ2n) is 3.43. The summed E-state index contributed by atoms with van der Waals surface area (Å²) in [5.41, 5.74) is 0.404. The van der Waals surface area contributed by atoms with Crippen molar-refractivity contribution in [2.24, 2.45) is 0 Å². The minimum absolute atomic E-state index is 0.0707. The molecule has 1 atom stereocenters. The number of carboxylic acids is 1. The van der Waals surface area contributed by atoms with Gasteiger partial charge in [-0.05, 0) is 19.4 Å². The van der Waals surface area contributed by atoms with Gasteiger partial charge >= 0.3 is 5.97 Å². The van der Waals surface area contributed by atoms with E-state index in [1.54, 1.807) is 32.0 Å². The fourth-order valence-electron chi connectivity index (χ4n) is 1.62. The molecule has 0 bridgehead atoms. The highest BCUT2D eigenvalue weighted by molar-refractivity contribution is 5.77. The lowest BCUT2D eigenvalue weighted by Gasteiger charge is -2.14. The molecule has 0 aliphatic rings. The third-order valence-electron chi connectivity index (χ3n) is 2.41. The third kappa shape index (κ3) is 2.45. The van der Waals surface area contributed by atoms with Crippen molar-refractivity contribution in [2.45, 2.75) is 26.2 Å². The monoisotopic (exact) mass is 224 g/mol. The predicted octanol–water partition coefficient (Wildman–Crippen LogP) is 2.37. The molecule has 0 spiro atoms. The van der Waals surface area contributed by atoms with Crippen molar-refractivity contribution in [3.63, 3.8) is 0 Å². The van der Waals surface area contributed by atoms with Crippen LogP contribution in [0.5, 0.6) is 11.5 Å². The molecule has 0 fully saturated rings. The van der Waals surface area contributed by atoms with Crippen LogP contribution in [0.1, 0.15) is 31.7 Å². The van der Waals surface area contributed by atoms with Crippen LogP contribution in [0, 0.1) is 0 Å². The molecule has 4 nitrogen and oxygen atoms in total. The van der Waals surface area contributed by atoms with Gasteiger partial charge in [0.25, 0.3) is 0 Å². The number of carbonyl (C=O) groups is 1. The van der Waals surface area contributed by atoms with Gasteiger partial charge in [0.05, 0.1) is 12.5 Å². The van der Waals surface area contributed by atoms with Crippen molar-refractivity contribution < 1.29 is 19.7 Å². The number of phenolic OH excluding ortho intramolecular Hbond substituents is 1. The summed E-state index contributed by atoms with van der Waals surface area (Å²) < 4.78 is 5.21. The average Bonchev–Trinajstić information content (AvgIpc) is 2.24. The molecule has 0 amide bonds. The van der Waals surface area contributed by atoms with Crippen LogP contribution in [0.25, 0.3) is 0 Å². The van der Waals surface area contributed by atoms with Crippen molar-refractivity contribution in [1.82, 2.24) is 0 Å². The molecular formula is C12H16O4. The van der Waals surface area contributed by atoms with Crippen molar-refractivity contribution in [3.8, 4) is 11.5 Å². The van der Waals surface area contributed by atoms with Crippen LogP contribution in [-0.2, 0) is 4.79 Å². The van der Waals surface area contributed by atoms with E-state index in [0.717, 1.165) is 0 Å². The van der Waals surface area contributed by atoms with E-state index in [1.165, 1.54) is 0 Å². The molecule has 0 aromatic heterocycles. The van der Waals surface area contributed by atoms with Crippen LogP contribution in [0.3, 0.4) is 0 Å². The summed E-state index contributed by atoms with van der Waals surface area (Å²) in [6, 6.07) is 4.92. The SMILES string of the molecule is CCOc1cccc(C(CC)C(=O)O)c1O. The van der Waals surface area contributed by atoms with E-state index in [4.69, 9.17) is 9.84 Å². The molecular weight excluding hydrogens is 208 g/mol. The largest absolute Gasteiger partial charge is 0.504 e. The van der Waals surface area contributed by atoms with Crippen molar-refractivity contribution in [3.05, 3.63) is 23.8 Å². The highest BCUT2D eigenvalue weighted by Gasteiger charge is 2.22. The first-order valence-corrected chi connectivity index (χ1v) is 5.29. The standard InChI is InChI=1S/C12H16O4/c1-3-8(12(14)15)9-6-5-7-10(11(9)13)16-4-2/h5-8,13H,3-4H2,1-2H3,(H,14,15). The maximum Gasteiger partial charge on any atom is 0.311 e. The Morgan fingerprint density at radius 1 is 1.44 bits per heavy atom. The molecule has 16 heavy (non-hydrogen) atoms. The maximum absolute atomic E-state index is 11.0. The number of carboxylic acid groups (broad SMARTS) is 1. The Kier molecular flexibility index (Phi) is 4.17. The van der Waals surface area contributed by atoms with Crippen LogP contribution >= 0.6 is 0 Å². The number of hydrogen-bond donors (Lipinski definition) is 2. The molecule has 0 aliphatic heterocycles. The Morgan fingerprint density at radius 2 is 2.12 bits per heavy atom. The molecule has 0 saturated carbocycles. The molecule has 1 aromatic carbocycles. The molecule has 4 heteroatoms. The fraction of sp³-hybridized carbons (Fsp3) is 0.417. The second kappa shape index (κ2) is 5.39. The minimum Gasteiger partial charge on any atom is -0.504 e. The first-order chi connectivity index (χ1) is 7.61. The van der Waals surface area contributed by atoms with Crippen molar-refractivity contribution >= 4 is 5.97 Å². The van der Waals surface area contributed by atoms with E-state index in [2.05, 4.69) is 0 Å². The Bertz CT molecular complexity index is 373. The summed E-state index contributed by atoms with van der Waals surface area (Å²) in [5.74, 6) is -1.37. The zero-order chi connectivity index (χ0) is 12.1. The van der Waals surface area contributed by atoms with E-state index in [0.29, 0.717) is 24.3 Å². The van der Waals surface area contributed by atoms with Crippen LogP contribution in [0.4, 0.5) is 0 Å². The lowest BCUT2D eigenvalue weighted by atomic mass is 9.95. The summed E-state index contributed by atoms with van der Waals surface area (Å²) >= 11 is 0. The van der Waals surface area contributed by atoms with Gasteiger partial charge in [-0.15, -0.1) is 0 Å². The highest BCUT2D eigenvalue weighted by atomic mass is 16.5. The van der Waals surface area contributed by atoms with Gasteiger partial charge < -0.3 is 14.9 Å². The molecule has 0 heterocycles. The lowest BCUT2D eigenvalue weighted by molar-refractivity contribution is -0.138. The van der Waals surface area contributed by atoms with Crippen LogP contribution in [0.2, 0.25) is 0 Å². The quantitative estimate of drug-likeness (QED) is 0.805. The number of hydrogen-bond acceptors (Lipinski definition) is 3. The van der Waals surface area contributed by atoms with E-state index in [-0.39, 0.29) is 5.75 Å². The summed E-state index contributed by atoms with van der Waals surface area (Å²) in [6.45, 7) is 4.01. The number of aromatic hydroxyl groups is 1. The van der Waals surface area contributed by atoms with Crippen molar-refractivity contribution in [1.29, 1.82) is 0 Å². The van der Waals surface area contributed by atoms with Gasteiger partial charge in [-0.2, -0.15) is 0 Å². The lowest BCUT2D eigenvalue weighted by Crippen LogP contribution is -2.11. The minimum atomic E-state index is -0.938. The summed E-state index contributed by atoms with van der Waals surface area (Å²) in [4.78, 5) is 11.0. The number of aliphatic carboxylic acids is 1. The van der Waals surface area contributed by atoms with Crippen LogP contribution < -0.4 is 4.74 Å². The van der Waals surface area contributed by atoms with Gasteiger partial charge in [0.15, 0.2) is 11.5 Å². The first-order valence-electron chi connectivity index (χ1n) is 5.29. The normalized spacial score (nSPS) is 12.1. The van der Waals surface area contributed by atoms with Gasteiger partial charge in [0, 0.05) is 5.56 Å². The Labute approximate surface area is 94.5 Å². The van der Waals surface area contributed by atoms with Gasteiger partial charge in [0.2, 0.25) is 0 Å².